The Labute approximate surface area is 159 Å². The molecule has 0 fully saturated rings. The molecule has 0 bridgehead atoms. The molecule has 2 aromatic carbocycles. The summed E-state index contributed by atoms with van der Waals surface area (Å²) in [4.78, 5) is 12.3. The normalized spacial score (nSPS) is 10.8. The van der Waals surface area contributed by atoms with E-state index in [1.54, 1.807) is 0 Å². The topological polar surface area (TPSA) is 44.8 Å². The molecule has 27 heavy (non-hydrogen) atoms. The van der Waals surface area contributed by atoms with Crippen molar-refractivity contribution in [3.63, 3.8) is 0 Å². The summed E-state index contributed by atoms with van der Waals surface area (Å²) in [5, 5.41) is 0. The summed E-state index contributed by atoms with van der Waals surface area (Å²) in [6.07, 6.45) is 0. The van der Waals surface area contributed by atoms with E-state index in [9.17, 15) is 26.7 Å². The highest BCUT2D eigenvalue weighted by atomic mass is 79.9. The fourth-order valence-corrected chi connectivity index (χ4v) is 2.65. The largest absolute Gasteiger partial charge is 0.490 e. The maximum Gasteiger partial charge on any atom is 0.344 e. The highest BCUT2D eigenvalue weighted by Crippen LogP contribution is 2.33. The molecular formula is C17H12BrF5O4. The average molecular weight is 455 g/mol. The maximum absolute atomic E-state index is 13.7. The molecule has 0 radical (unpaired) electrons. The summed E-state index contributed by atoms with van der Waals surface area (Å²) in [5.41, 5.74) is 0.0453. The van der Waals surface area contributed by atoms with E-state index in [-0.39, 0.29) is 30.1 Å². The first-order valence-corrected chi connectivity index (χ1v) is 8.14. The fourth-order valence-electron chi connectivity index (χ4n) is 2.11. The third-order valence-corrected chi connectivity index (χ3v) is 4.10. The lowest BCUT2D eigenvalue weighted by Crippen LogP contribution is -2.15. The molecule has 146 valence electrons. The van der Waals surface area contributed by atoms with Crippen molar-refractivity contribution in [2.45, 2.75) is 6.92 Å². The van der Waals surface area contributed by atoms with Gasteiger partial charge in [-0.05, 0) is 35.0 Å². The number of carbonyl (C=O) groups excluding carboxylic acids is 1. The molecule has 0 aliphatic heterocycles. The summed E-state index contributed by atoms with van der Waals surface area (Å²) in [6.45, 7) is 1.86. The minimum atomic E-state index is -2.35. The minimum absolute atomic E-state index is 0.145. The van der Waals surface area contributed by atoms with E-state index in [1.165, 1.54) is 26.2 Å². The maximum atomic E-state index is 13.7. The summed E-state index contributed by atoms with van der Waals surface area (Å²) in [7, 11) is 1.46. The predicted octanol–water partition coefficient (Wildman–Crippen LogP) is 4.70. The standard InChI is InChI=1S/C17H12BrF5O4/c1-7-8(3-4-9(18)15(7)26-6-5-25-2)17(24)27-16-13(22)11(20)10(19)12(21)14(16)23/h3-4H,5-6H2,1-2H3. The van der Waals surface area contributed by atoms with Crippen molar-refractivity contribution in [2.75, 3.05) is 20.3 Å². The van der Waals surface area contributed by atoms with Gasteiger partial charge < -0.3 is 14.2 Å². The van der Waals surface area contributed by atoms with Gasteiger partial charge in [0.05, 0.1) is 16.6 Å². The third-order valence-electron chi connectivity index (χ3n) is 3.48. The van der Waals surface area contributed by atoms with E-state index in [2.05, 4.69) is 20.7 Å². The van der Waals surface area contributed by atoms with E-state index in [0.717, 1.165) is 0 Å². The van der Waals surface area contributed by atoms with Gasteiger partial charge in [0.1, 0.15) is 12.4 Å². The molecule has 4 nitrogen and oxygen atoms in total. The van der Waals surface area contributed by atoms with Crippen LogP contribution in [0.4, 0.5) is 22.0 Å². The third kappa shape index (κ3) is 4.22. The van der Waals surface area contributed by atoms with Crippen LogP contribution in [0.1, 0.15) is 15.9 Å². The van der Waals surface area contributed by atoms with E-state index < -0.39 is 40.8 Å². The molecule has 0 saturated carbocycles. The fraction of sp³-hybridized carbons (Fsp3) is 0.235. The monoisotopic (exact) mass is 454 g/mol. The van der Waals surface area contributed by atoms with Gasteiger partial charge in [-0.15, -0.1) is 0 Å². The highest BCUT2D eigenvalue weighted by molar-refractivity contribution is 9.10. The molecule has 0 amide bonds. The number of hydrogen-bond acceptors (Lipinski definition) is 4. The number of carbonyl (C=O) groups is 1. The van der Waals surface area contributed by atoms with Crippen LogP contribution in [0.3, 0.4) is 0 Å². The molecule has 0 saturated heterocycles. The van der Waals surface area contributed by atoms with E-state index in [0.29, 0.717) is 4.47 Å². The summed E-state index contributed by atoms with van der Waals surface area (Å²) >= 11 is 3.22. The number of hydrogen-bond donors (Lipinski definition) is 0. The van der Waals surface area contributed by atoms with Crippen molar-refractivity contribution in [1.82, 2.24) is 0 Å². The molecule has 0 aliphatic rings. The number of benzene rings is 2. The van der Waals surface area contributed by atoms with Crippen LogP contribution >= 0.6 is 15.9 Å². The highest BCUT2D eigenvalue weighted by Gasteiger charge is 2.29. The lowest BCUT2D eigenvalue weighted by molar-refractivity contribution is 0.0714. The van der Waals surface area contributed by atoms with Gasteiger partial charge in [-0.25, -0.2) is 18.0 Å². The van der Waals surface area contributed by atoms with Crippen LogP contribution in [0, 0.1) is 36.0 Å². The molecule has 0 atom stereocenters. The first-order chi connectivity index (χ1) is 12.7. The van der Waals surface area contributed by atoms with E-state index in [4.69, 9.17) is 9.47 Å². The van der Waals surface area contributed by atoms with Crippen LogP contribution in [-0.2, 0) is 4.74 Å². The van der Waals surface area contributed by atoms with Gasteiger partial charge in [0, 0.05) is 12.7 Å². The summed E-state index contributed by atoms with van der Waals surface area (Å²) < 4.78 is 82.1. The molecule has 0 aromatic heterocycles. The quantitative estimate of drug-likeness (QED) is 0.158. The van der Waals surface area contributed by atoms with Crippen LogP contribution in [0.5, 0.6) is 11.5 Å². The Hall–Kier alpha value is -2.20. The van der Waals surface area contributed by atoms with Crippen LogP contribution in [0.15, 0.2) is 16.6 Å². The van der Waals surface area contributed by atoms with Crippen molar-refractivity contribution in [3.8, 4) is 11.5 Å². The molecule has 0 aliphatic carbocycles. The van der Waals surface area contributed by atoms with Crippen LogP contribution in [0.25, 0.3) is 0 Å². The number of esters is 1. The van der Waals surface area contributed by atoms with Crippen LogP contribution in [0.2, 0.25) is 0 Å². The summed E-state index contributed by atoms with van der Waals surface area (Å²) in [5.74, 6) is -14.0. The van der Waals surface area contributed by atoms with Gasteiger partial charge in [-0.2, -0.15) is 8.78 Å². The van der Waals surface area contributed by atoms with E-state index >= 15 is 0 Å². The molecular weight excluding hydrogens is 443 g/mol. The van der Waals surface area contributed by atoms with Crippen molar-refractivity contribution >= 4 is 21.9 Å². The predicted molar refractivity (Wildman–Crippen MR) is 87.4 cm³/mol. The lowest BCUT2D eigenvalue weighted by atomic mass is 10.1. The Morgan fingerprint density at radius 2 is 1.48 bits per heavy atom. The van der Waals surface area contributed by atoms with Gasteiger partial charge in [-0.3, -0.25) is 0 Å². The second-order valence-electron chi connectivity index (χ2n) is 5.18. The molecule has 0 N–H and O–H groups in total. The van der Waals surface area contributed by atoms with Crippen LogP contribution < -0.4 is 9.47 Å². The molecule has 10 heteroatoms. The molecule has 2 rings (SSSR count). The first kappa shape index (κ1) is 21.1. The first-order valence-electron chi connectivity index (χ1n) is 7.35. The van der Waals surface area contributed by atoms with Crippen LogP contribution in [-0.4, -0.2) is 26.3 Å². The smallest absolute Gasteiger partial charge is 0.344 e. The minimum Gasteiger partial charge on any atom is -0.490 e. The van der Waals surface area contributed by atoms with Gasteiger partial charge >= 0.3 is 5.97 Å². The van der Waals surface area contributed by atoms with Crippen molar-refractivity contribution in [2.24, 2.45) is 0 Å². The van der Waals surface area contributed by atoms with Crippen molar-refractivity contribution in [1.29, 1.82) is 0 Å². The number of halogens is 6. The molecule has 0 unspecified atom stereocenters. The Bertz CT molecular complexity index is 859. The van der Waals surface area contributed by atoms with Gasteiger partial charge in [-0.1, -0.05) is 0 Å². The second-order valence-corrected chi connectivity index (χ2v) is 6.03. The summed E-state index contributed by atoms with van der Waals surface area (Å²) in [6, 6.07) is 2.65. The number of methoxy groups -OCH3 is 1. The molecule has 0 heterocycles. The van der Waals surface area contributed by atoms with Gasteiger partial charge in [0.2, 0.25) is 34.8 Å². The Kier molecular flexibility index (Phi) is 6.77. The van der Waals surface area contributed by atoms with E-state index in [1.807, 2.05) is 0 Å². The zero-order valence-electron chi connectivity index (χ0n) is 14.0. The number of rotatable bonds is 6. The molecule has 0 spiro atoms. The SMILES string of the molecule is COCCOc1c(Br)ccc(C(=O)Oc2c(F)c(F)c(F)c(F)c2F)c1C. The average Bonchev–Trinajstić information content (AvgIpc) is 2.64. The second kappa shape index (κ2) is 8.66. The zero-order valence-corrected chi connectivity index (χ0v) is 15.6. The zero-order chi connectivity index (χ0) is 20.3. The number of ether oxygens (including phenoxy) is 3. The lowest BCUT2D eigenvalue weighted by Gasteiger charge is -2.14. The van der Waals surface area contributed by atoms with Crippen molar-refractivity contribution < 1.29 is 41.0 Å². The Morgan fingerprint density at radius 1 is 0.926 bits per heavy atom. The Balaban J connectivity index is 2.39. The Morgan fingerprint density at radius 3 is 2.04 bits per heavy atom. The van der Waals surface area contributed by atoms with Crippen molar-refractivity contribution in [3.05, 3.63) is 56.8 Å². The molecule has 2 aromatic rings. The van der Waals surface area contributed by atoms with Gasteiger partial charge in [0.15, 0.2) is 0 Å². The van der Waals surface area contributed by atoms with Gasteiger partial charge in [0.25, 0.3) is 0 Å².